The topological polar surface area (TPSA) is 107 Å². The van der Waals surface area contributed by atoms with E-state index in [9.17, 15) is 14.4 Å². The van der Waals surface area contributed by atoms with Gasteiger partial charge in [-0.3, -0.25) is 9.59 Å². The zero-order valence-electron chi connectivity index (χ0n) is 36.1. The Bertz CT molecular complexity index is 1770. The van der Waals surface area contributed by atoms with Gasteiger partial charge in [0.25, 0.3) is 8.32 Å². The van der Waals surface area contributed by atoms with Crippen molar-refractivity contribution in [1.29, 1.82) is 0 Å². The van der Waals surface area contributed by atoms with Crippen LogP contribution in [-0.2, 0) is 37.7 Å². The van der Waals surface area contributed by atoms with Gasteiger partial charge in [0.2, 0.25) is 0 Å². The maximum absolute atomic E-state index is 14.1. The Hall–Kier alpha value is -4.16. The number of Topliss-reactive ketones (excluding diaryl/α,β-unsaturated/α-hetero) is 1. The van der Waals surface area contributed by atoms with Crippen LogP contribution in [0.1, 0.15) is 63.7 Å². The first-order chi connectivity index (χ1) is 27.5. The second-order valence-corrected chi connectivity index (χ2v) is 26.2. The van der Waals surface area contributed by atoms with Crippen LogP contribution < -0.4 is 10.4 Å². The second kappa shape index (κ2) is 22.8. The van der Waals surface area contributed by atoms with E-state index in [1.807, 2.05) is 42.5 Å². The van der Waals surface area contributed by atoms with E-state index in [0.717, 1.165) is 10.4 Å². The third kappa shape index (κ3) is 12.9. The lowest BCUT2D eigenvalue weighted by Gasteiger charge is -2.44. The van der Waals surface area contributed by atoms with Crippen LogP contribution in [0.2, 0.25) is 24.7 Å². The number of benzene rings is 3. The molecule has 0 aliphatic carbocycles. The van der Waals surface area contributed by atoms with Crippen molar-refractivity contribution in [3.05, 3.63) is 109 Å². The second-order valence-electron chi connectivity index (χ2n) is 16.5. The number of allylic oxidation sites excluding steroid dienone is 1. The molecule has 11 heteroatoms. The highest BCUT2D eigenvalue weighted by molar-refractivity contribution is 6.99. The minimum atomic E-state index is -2.95. The molecule has 0 saturated heterocycles. The SMILES string of the molecule is C=C(C)C(CCCOCOCCOC)C(=O)C(CC#CC(CCO[Si](c1ccccc1)(c1ccccc1)C(C)(C)C)(OC(=O)c1ccccc1)[Si](C)(C)C)C(=O)OC. The standard InChI is InChI=1S/C47H64O9Si2/c1-37(2)41(29-21-32-53-36-54-35-34-51-6)43(48)42(45(50)52-7)28-20-30-47(57(8,9)10,56-44(49)38-22-14-11-15-23-38)31-33-55-58(46(3,4)5,39-24-16-12-17-25-39)40-26-18-13-19-27-40/h11-19,22-27,41-42H,1,21,28-29,31-36H2,2-10H3. The zero-order chi connectivity index (χ0) is 42.8. The minimum Gasteiger partial charge on any atom is -0.468 e. The average molecular weight is 829 g/mol. The van der Waals surface area contributed by atoms with Gasteiger partial charge in [0.1, 0.15) is 20.8 Å². The van der Waals surface area contributed by atoms with Gasteiger partial charge in [0.05, 0.1) is 25.9 Å². The first-order valence-corrected chi connectivity index (χ1v) is 25.4. The Morgan fingerprint density at radius 1 is 0.759 bits per heavy atom. The number of carbonyl (C=O) groups excluding carboxylic acids is 3. The molecule has 0 N–H and O–H groups in total. The zero-order valence-corrected chi connectivity index (χ0v) is 38.1. The van der Waals surface area contributed by atoms with Crippen molar-refractivity contribution in [1.82, 2.24) is 0 Å². The van der Waals surface area contributed by atoms with Gasteiger partial charge in [0, 0.05) is 39.1 Å². The lowest BCUT2D eigenvalue weighted by Crippen LogP contribution is -2.67. The van der Waals surface area contributed by atoms with Gasteiger partial charge in [-0.2, -0.15) is 0 Å². The highest BCUT2D eigenvalue weighted by Gasteiger charge is 2.52. The number of methoxy groups -OCH3 is 2. The Morgan fingerprint density at radius 3 is 1.81 bits per heavy atom. The summed E-state index contributed by atoms with van der Waals surface area (Å²) in [6.45, 7) is 20.4. The third-order valence-electron chi connectivity index (χ3n) is 10.4. The summed E-state index contributed by atoms with van der Waals surface area (Å²) in [5.74, 6) is 3.27. The number of esters is 2. The quantitative estimate of drug-likeness (QED) is 0.0180. The molecule has 0 amide bonds. The minimum absolute atomic E-state index is 0.117. The number of hydrogen-bond acceptors (Lipinski definition) is 9. The Kier molecular flexibility index (Phi) is 19.0. The molecule has 3 aromatic rings. The third-order valence-corrected chi connectivity index (χ3v) is 18.4. The fourth-order valence-electron chi connectivity index (χ4n) is 7.08. The predicted octanol–water partition coefficient (Wildman–Crippen LogP) is 7.79. The van der Waals surface area contributed by atoms with Crippen LogP contribution in [0, 0.1) is 23.7 Å². The predicted molar refractivity (Wildman–Crippen MR) is 235 cm³/mol. The lowest BCUT2D eigenvalue weighted by molar-refractivity contribution is -0.150. The van der Waals surface area contributed by atoms with Crippen molar-refractivity contribution in [2.75, 3.05) is 47.4 Å². The van der Waals surface area contributed by atoms with E-state index in [4.69, 9.17) is 28.1 Å². The Labute approximate surface area is 348 Å². The first kappa shape index (κ1) is 48.2. The number of ether oxygens (including phenoxy) is 5. The van der Waals surface area contributed by atoms with Gasteiger partial charge >= 0.3 is 11.9 Å². The maximum Gasteiger partial charge on any atom is 0.339 e. The molecule has 0 saturated carbocycles. The molecular formula is C47H64O9Si2. The van der Waals surface area contributed by atoms with Crippen LogP contribution in [-0.4, -0.2) is 86.8 Å². The van der Waals surface area contributed by atoms with Gasteiger partial charge < -0.3 is 28.1 Å². The molecule has 314 valence electrons. The Morgan fingerprint density at radius 2 is 1.31 bits per heavy atom. The molecule has 0 fully saturated rings. The van der Waals surface area contributed by atoms with Gasteiger partial charge in [-0.25, -0.2) is 4.79 Å². The molecule has 3 atom stereocenters. The summed E-state index contributed by atoms with van der Waals surface area (Å²) >= 11 is 0. The first-order valence-electron chi connectivity index (χ1n) is 20.0. The molecule has 3 aromatic carbocycles. The van der Waals surface area contributed by atoms with Gasteiger partial charge in [-0.15, -0.1) is 0 Å². The Balaban J connectivity index is 2.02. The highest BCUT2D eigenvalue weighted by atomic mass is 28.4. The van der Waals surface area contributed by atoms with Crippen LogP contribution in [0.4, 0.5) is 0 Å². The van der Waals surface area contributed by atoms with Crippen molar-refractivity contribution in [2.45, 2.75) is 83.3 Å². The molecule has 3 rings (SSSR count). The molecule has 0 heterocycles. The maximum atomic E-state index is 14.1. The van der Waals surface area contributed by atoms with Crippen LogP contribution in [0.3, 0.4) is 0 Å². The lowest BCUT2D eigenvalue weighted by atomic mass is 9.84. The van der Waals surface area contributed by atoms with E-state index in [2.05, 4.69) is 83.1 Å². The van der Waals surface area contributed by atoms with Crippen LogP contribution in [0.25, 0.3) is 0 Å². The summed E-state index contributed by atoms with van der Waals surface area (Å²) in [4.78, 5) is 41.3. The molecule has 9 nitrogen and oxygen atoms in total. The van der Waals surface area contributed by atoms with Crippen LogP contribution in [0.5, 0.6) is 0 Å². The number of rotatable bonds is 23. The monoisotopic (exact) mass is 828 g/mol. The van der Waals surface area contributed by atoms with Crippen molar-refractivity contribution >= 4 is 44.5 Å². The van der Waals surface area contributed by atoms with Crippen molar-refractivity contribution < 1.29 is 42.5 Å². The summed E-state index contributed by atoms with van der Waals surface area (Å²) < 4.78 is 34.9. The summed E-state index contributed by atoms with van der Waals surface area (Å²) in [6, 6.07) is 29.6. The number of hydrogen-bond donors (Lipinski definition) is 0. The molecule has 0 aromatic heterocycles. The number of ketones is 1. The fourth-order valence-corrected chi connectivity index (χ4v) is 13.4. The number of carbonyl (C=O) groups is 3. The van der Waals surface area contributed by atoms with Crippen LogP contribution >= 0.6 is 0 Å². The van der Waals surface area contributed by atoms with E-state index >= 15 is 0 Å². The van der Waals surface area contributed by atoms with Gasteiger partial charge in [0.15, 0.2) is 11.0 Å². The molecule has 0 aliphatic rings. The van der Waals surface area contributed by atoms with E-state index in [1.165, 1.54) is 7.11 Å². The largest absolute Gasteiger partial charge is 0.468 e. The molecule has 3 unspecified atom stereocenters. The molecule has 58 heavy (non-hydrogen) atoms. The summed E-state index contributed by atoms with van der Waals surface area (Å²) in [7, 11) is -2.66. The van der Waals surface area contributed by atoms with Gasteiger partial charge in [-0.1, -0.05) is 143 Å². The van der Waals surface area contributed by atoms with E-state index < -0.39 is 45.4 Å². The molecule has 0 radical (unpaired) electrons. The molecule has 0 aliphatic heterocycles. The fraction of sp³-hybridized carbons (Fsp3) is 0.468. The van der Waals surface area contributed by atoms with Crippen molar-refractivity contribution in [3.8, 4) is 11.8 Å². The van der Waals surface area contributed by atoms with E-state index in [-0.39, 0.29) is 37.1 Å². The smallest absolute Gasteiger partial charge is 0.339 e. The van der Waals surface area contributed by atoms with E-state index in [0.29, 0.717) is 43.8 Å². The summed E-state index contributed by atoms with van der Waals surface area (Å²) in [5, 5.41) is 0.731. The summed E-state index contributed by atoms with van der Waals surface area (Å²) in [5.41, 5.74) is 1.04. The van der Waals surface area contributed by atoms with Crippen LogP contribution in [0.15, 0.2) is 103 Å². The van der Waals surface area contributed by atoms with Crippen molar-refractivity contribution in [2.24, 2.45) is 11.8 Å². The van der Waals surface area contributed by atoms with E-state index in [1.54, 1.807) is 38.3 Å². The normalized spacial score (nSPS) is 13.9. The molecule has 0 bridgehead atoms. The molecular weight excluding hydrogens is 765 g/mol. The van der Waals surface area contributed by atoms with Gasteiger partial charge in [-0.05, 0) is 47.3 Å². The molecule has 0 spiro atoms. The summed E-state index contributed by atoms with van der Waals surface area (Å²) in [6.07, 6.45) is 1.14. The highest BCUT2D eigenvalue weighted by Crippen LogP contribution is 2.38. The average Bonchev–Trinajstić information content (AvgIpc) is 3.19. The van der Waals surface area contributed by atoms with Crippen molar-refractivity contribution in [3.63, 3.8) is 0 Å².